The van der Waals surface area contributed by atoms with Crippen molar-refractivity contribution in [1.82, 2.24) is 33.7 Å². The number of nitrogens with two attached hydrogens (primary N) is 1. The molecule has 0 radical (unpaired) electrons. The summed E-state index contributed by atoms with van der Waals surface area (Å²) in [6.45, 7) is -0.0342. The molecule has 19 heteroatoms. The highest BCUT2D eigenvalue weighted by atomic mass is 31.1. The fourth-order valence-corrected chi connectivity index (χ4v) is 6.50. The molecule has 0 amide bonds. The molecule has 4 aromatic heterocycles. The van der Waals surface area contributed by atoms with E-state index >= 15 is 4.39 Å². The Hall–Kier alpha value is -2.72. The third-order valence-corrected chi connectivity index (χ3v) is 8.53. The van der Waals surface area contributed by atoms with E-state index in [4.69, 9.17) is 33.3 Å². The van der Waals surface area contributed by atoms with Crippen LogP contribution in [0.15, 0.2) is 42.1 Å². The van der Waals surface area contributed by atoms with Crippen LogP contribution in [0.3, 0.4) is 0 Å². The second-order valence-corrected chi connectivity index (χ2v) is 11.1. The van der Waals surface area contributed by atoms with Crippen molar-refractivity contribution in [2.45, 2.75) is 43.0 Å². The monoisotopic (exact) mass is 610 g/mol. The summed E-state index contributed by atoms with van der Waals surface area (Å²) in [5, 5.41) is 11.0. The van der Waals surface area contributed by atoms with E-state index < -0.39 is 67.0 Å². The van der Waals surface area contributed by atoms with E-state index in [1.807, 2.05) is 0 Å². The van der Waals surface area contributed by atoms with Crippen LogP contribution in [0.1, 0.15) is 12.5 Å². The van der Waals surface area contributed by atoms with Gasteiger partial charge in [0, 0.05) is 30.6 Å². The van der Waals surface area contributed by atoms with E-state index in [0.29, 0.717) is 11.2 Å². The van der Waals surface area contributed by atoms with E-state index in [1.165, 1.54) is 40.2 Å². The molecular weight excluding hydrogens is 585 g/mol. The molecule has 3 aliphatic heterocycles. The van der Waals surface area contributed by atoms with Gasteiger partial charge in [-0.2, -0.15) is 0 Å². The molecule has 0 aromatic carbocycles. The van der Waals surface area contributed by atoms with Crippen LogP contribution in [0.4, 0.5) is 10.2 Å². The lowest BCUT2D eigenvalue weighted by atomic mass is 10.0. The van der Waals surface area contributed by atoms with Crippen LogP contribution in [-0.2, 0) is 27.6 Å². The minimum absolute atomic E-state index is 0.00675. The number of fused-ring (bicyclic) bond motifs is 5. The molecule has 7 heterocycles. The van der Waals surface area contributed by atoms with Crippen molar-refractivity contribution in [2.24, 2.45) is 5.92 Å². The Bertz CT molecular complexity index is 1610. The first-order valence-corrected chi connectivity index (χ1v) is 14.3. The summed E-state index contributed by atoms with van der Waals surface area (Å²) in [6, 6.07) is 1.36. The third kappa shape index (κ3) is 4.80. The van der Waals surface area contributed by atoms with E-state index in [0.717, 1.165) is 0 Å². The zero-order valence-electron chi connectivity index (χ0n) is 21.1. The van der Waals surface area contributed by atoms with Crippen LogP contribution in [0.5, 0.6) is 0 Å². The maximum atomic E-state index is 15.8. The number of aliphatic hydroxyl groups excluding tert-OH is 1. The SMILES string of the molecule is Nc1ncnc2c1ncn2[C@@H]1O[C@@H]2COPO[C@@H]3[C@H](O)[C@@H](COPOC[C@H]2[C@@H]1F)O[C@H]3n1ccc(=O)c2nccn21. The van der Waals surface area contributed by atoms with Gasteiger partial charge in [-0.3, -0.25) is 14.0 Å². The molecule has 41 heavy (non-hydrogen) atoms. The van der Waals surface area contributed by atoms with Crippen molar-refractivity contribution in [1.29, 1.82) is 0 Å². The van der Waals surface area contributed by atoms with Crippen LogP contribution in [0.25, 0.3) is 16.8 Å². The molecule has 3 fully saturated rings. The average Bonchev–Trinajstić information content (AvgIpc) is 3.74. The Kier molecular flexibility index (Phi) is 7.39. The molecule has 7 rings (SSSR count). The molecular formula is C22H25FN8O8P2. The summed E-state index contributed by atoms with van der Waals surface area (Å²) in [5.41, 5.74) is 6.51. The molecule has 4 aromatic rings. The van der Waals surface area contributed by atoms with E-state index in [1.54, 1.807) is 10.9 Å². The maximum Gasteiger partial charge on any atom is 0.224 e. The number of nitrogens with zero attached hydrogens (tertiary/aromatic N) is 7. The number of ether oxygens (including phenoxy) is 2. The fourth-order valence-electron chi connectivity index (χ4n) is 5.26. The van der Waals surface area contributed by atoms with Gasteiger partial charge in [-0.15, -0.1) is 0 Å². The molecule has 0 spiro atoms. The Labute approximate surface area is 233 Å². The lowest BCUT2D eigenvalue weighted by Crippen LogP contribution is -2.35. The second-order valence-electron chi connectivity index (χ2n) is 9.65. The number of hydrogen-bond donors (Lipinski definition) is 2. The van der Waals surface area contributed by atoms with Gasteiger partial charge in [0.15, 0.2) is 53.8 Å². The number of halogens is 1. The minimum atomic E-state index is -1.48. The van der Waals surface area contributed by atoms with Gasteiger partial charge in [-0.1, -0.05) is 0 Å². The lowest BCUT2D eigenvalue weighted by molar-refractivity contribution is -0.0542. The first-order chi connectivity index (χ1) is 20.0. The van der Waals surface area contributed by atoms with E-state index in [9.17, 15) is 9.90 Å². The third-order valence-electron chi connectivity index (χ3n) is 7.31. The molecule has 0 aliphatic carbocycles. The number of imidazole rings is 2. The molecule has 0 saturated carbocycles. The van der Waals surface area contributed by atoms with Gasteiger partial charge >= 0.3 is 0 Å². The normalized spacial score (nSPS) is 34.4. The summed E-state index contributed by atoms with van der Waals surface area (Å²) in [7, 11) is -0.998. The van der Waals surface area contributed by atoms with Crippen LogP contribution >= 0.6 is 18.1 Å². The molecule has 3 aliphatic rings. The largest absolute Gasteiger partial charge is 0.387 e. The molecule has 16 nitrogen and oxygen atoms in total. The van der Waals surface area contributed by atoms with Crippen molar-refractivity contribution >= 4 is 40.7 Å². The van der Waals surface area contributed by atoms with Gasteiger partial charge in [0.2, 0.25) is 5.43 Å². The van der Waals surface area contributed by atoms with Gasteiger partial charge < -0.3 is 38.4 Å². The zero-order chi connectivity index (χ0) is 28.1. The Morgan fingerprint density at radius 3 is 2.68 bits per heavy atom. The highest BCUT2D eigenvalue weighted by Crippen LogP contribution is 2.42. The summed E-state index contributed by atoms with van der Waals surface area (Å²) >= 11 is 0. The van der Waals surface area contributed by atoms with E-state index in [-0.39, 0.29) is 36.7 Å². The Morgan fingerprint density at radius 2 is 1.78 bits per heavy atom. The number of aromatic nitrogens is 7. The Morgan fingerprint density at radius 1 is 0.976 bits per heavy atom. The summed E-state index contributed by atoms with van der Waals surface area (Å²) in [6.07, 6.45) is 0.533. The Balaban J connectivity index is 1.10. The first-order valence-electron chi connectivity index (χ1n) is 12.6. The number of rotatable bonds is 2. The number of aliphatic hydroxyl groups is 1. The number of alkyl halides is 1. The molecule has 2 unspecified atom stereocenters. The summed E-state index contributed by atoms with van der Waals surface area (Å²) < 4.78 is 55.7. The van der Waals surface area contributed by atoms with Gasteiger partial charge in [0.25, 0.3) is 0 Å². The highest BCUT2D eigenvalue weighted by Gasteiger charge is 2.49. The topological polar surface area (TPSA) is 185 Å². The van der Waals surface area contributed by atoms with Gasteiger partial charge in [0.1, 0.15) is 30.2 Å². The van der Waals surface area contributed by atoms with Gasteiger partial charge in [-0.25, -0.2) is 28.8 Å². The van der Waals surface area contributed by atoms with Crippen molar-refractivity contribution in [3.63, 3.8) is 0 Å². The zero-order valence-corrected chi connectivity index (χ0v) is 23.1. The second kappa shape index (κ2) is 11.2. The highest BCUT2D eigenvalue weighted by molar-refractivity contribution is 7.26. The van der Waals surface area contributed by atoms with Crippen LogP contribution in [0, 0.1) is 5.92 Å². The molecule has 10 atom stereocenters. The number of nitrogen functional groups attached to an aromatic ring is 1. The van der Waals surface area contributed by atoms with Gasteiger partial charge in [0.05, 0.1) is 32.3 Å². The van der Waals surface area contributed by atoms with Crippen molar-refractivity contribution in [3.8, 4) is 0 Å². The summed E-state index contributed by atoms with van der Waals surface area (Å²) in [4.78, 5) is 28.6. The molecule has 3 N–H and O–H groups in total. The van der Waals surface area contributed by atoms with Crippen LogP contribution < -0.4 is 11.2 Å². The molecule has 3 saturated heterocycles. The smallest absolute Gasteiger partial charge is 0.224 e. The molecule has 218 valence electrons. The van der Waals surface area contributed by atoms with Crippen LogP contribution in [0.2, 0.25) is 0 Å². The van der Waals surface area contributed by atoms with E-state index in [2.05, 4.69) is 19.9 Å². The van der Waals surface area contributed by atoms with Crippen molar-refractivity contribution in [3.05, 3.63) is 47.5 Å². The minimum Gasteiger partial charge on any atom is -0.387 e. The first kappa shape index (κ1) is 27.1. The number of hydrogen-bond acceptors (Lipinski definition) is 13. The van der Waals surface area contributed by atoms with Crippen LogP contribution in [-0.4, -0.2) is 89.2 Å². The maximum absolute atomic E-state index is 15.8. The van der Waals surface area contributed by atoms with Gasteiger partial charge in [-0.05, 0) is 0 Å². The van der Waals surface area contributed by atoms with Crippen molar-refractivity contribution in [2.75, 3.05) is 25.6 Å². The summed E-state index contributed by atoms with van der Waals surface area (Å²) in [5.74, 6) is -0.513. The lowest BCUT2D eigenvalue weighted by Gasteiger charge is -2.24. The predicted octanol–water partition coefficient (Wildman–Crippen LogP) is 0.494. The number of anilines is 1. The quantitative estimate of drug-likeness (QED) is 0.299. The average molecular weight is 610 g/mol. The standard InChI is InChI=1S/C22H25FN8O8P2/c23-14-10-5-34-40-35-7-13-16(33)17(22(38-13)31-3-1-11(32)19-25-2-4-30(19)31)39-41-36-6-12(10)37-21(14)29-9-28-15-18(24)26-8-27-20(15)29/h1-4,8-10,12-14,16-17,21-22,33,40-41H,5-7H2,(H2,24,26,27)/t10-,12-,13-,14+,16-,17-,21-,22-/m1/s1. The fraction of sp³-hybridized carbons (Fsp3) is 0.500. The predicted molar refractivity (Wildman–Crippen MR) is 141 cm³/mol. The van der Waals surface area contributed by atoms with Crippen molar-refractivity contribution < 1.29 is 37.1 Å². The molecule has 2 bridgehead atoms.